The summed E-state index contributed by atoms with van der Waals surface area (Å²) in [7, 11) is 0. The third-order valence-electron chi connectivity index (χ3n) is 4.13. The Morgan fingerprint density at radius 1 is 1.32 bits per heavy atom. The lowest BCUT2D eigenvalue weighted by molar-refractivity contribution is -0.120. The summed E-state index contributed by atoms with van der Waals surface area (Å²) in [5, 5.41) is 3.62. The topological polar surface area (TPSA) is 47.6 Å². The van der Waals surface area contributed by atoms with Crippen molar-refractivity contribution >= 4 is 17.5 Å². The SMILES string of the molecule is CCOc1cc2c(cc1CNC(=O)Cc1ccc(Cl)cc1)OC(C)C2. The number of rotatable bonds is 6. The Balaban J connectivity index is 1.66. The van der Waals surface area contributed by atoms with Crippen LogP contribution in [-0.4, -0.2) is 18.6 Å². The van der Waals surface area contributed by atoms with E-state index in [1.54, 1.807) is 12.1 Å². The molecule has 1 N–H and O–H groups in total. The van der Waals surface area contributed by atoms with Gasteiger partial charge in [0.2, 0.25) is 5.91 Å². The zero-order valence-electron chi connectivity index (χ0n) is 14.5. The van der Waals surface area contributed by atoms with Crippen molar-refractivity contribution in [2.24, 2.45) is 0 Å². The molecule has 0 saturated heterocycles. The molecule has 0 aliphatic carbocycles. The first-order valence-electron chi connectivity index (χ1n) is 8.51. The molecular formula is C20H22ClNO3. The third kappa shape index (κ3) is 4.45. The van der Waals surface area contributed by atoms with Crippen LogP contribution < -0.4 is 14.8 Å². The fourth-order valence-electron chi connectivity index (χ4n) is 2.95. The number of carbonyl (C=O) groups excluding carboxylic acids is 1. The lowest BCUT2D eigenvalue weighted by Crippen LogP contribution is -2.24. The molecule has 3 rings (SSSR count). The molecule has 1 aliphatic heterocycles. The van der Waals surface area contributed by atoms with E-state index >= 15 is 0 Å². The van der Waals surface area contributed by atoms with Crippen molar-refractivity contribution < 1.29 is 14.3 Å². The summed E-state index contributed by atoms with van der Waals surface area (Å²) in [5.74, 6) is 1.66. The highest BCUT2D eigenvalue weighted by molar-refractivity contribution is 6.30. The highest BCUT2D eigenvalue weighted by atomic mass is 35.5. The molecule has 0 fully saturated rings. The minimum Gasteiger partial charge on any atom is -0.494 e. The van der Waals surface area contributed by atoms with E-state index in [0.717, 1.165) is 34.6 Å². The van der Waals surface area contributed by atoms with Crippen molar-refractivity contribution in [1.82, 2.24) is 5.32 Å². The van der Waals surface area contributed by atoms with Gasteiger partial charge in [-0.1, -0.05) is 23.7 Å². The summed E-state index contributed by atoms with van der Waals surface area (Å²) in [4.78, 5) is 12.2. The Morgan fingerprint density at radius 2 is 2.08 bits per heavy atom. The molecule has 5 heteroatoms. The van der Waals surface area contributed by atoms with Gasteiger partial charge in [0.1, 0.15) is 17.6 Å². The minimum atomic E-state index is -0.0421. The van der Waals surface area contributed by atoms with Gasteiger partial charge in [-0.2, -0.15) is 0 Å². The van der Waals surface area contributed by atoms with Gasteiger partial charge in [-0.25, -0.2) is 0 Å². The second kappa shape index (κ2) is 7.79. The van der Waals surface area contributed by atoms with Crippen molar-refractivity contribution in [1.29, 1.82) is 0 Å². The molecular weight excluding hydrogens is 338 g/mol. The van der Waals surface area contributed by atoms with E-state index in [9.17, 15) is 4.79 Å². The molecule has 2 aromatic carbocycles. The lowest BCUT2D eigenvalue weighted by atomic mass is 10.1. The molecule has 25 heavy (non-hydrogen) atoms. The monoisotopic (exact) mass is 359 g/mol. The molecule has 1 heterocycles. The molecule has 1 unspecified atom stereocenters. The summed E-state index contributed by atoms with van der Waals surface area (Å²) >= 11 is 5.87. The van der Waals surface area contributed by atoms with Gasteiger partial charge in [0, 0.05) is 29.1 Å². The average Bonchev–Trinajstić information content (AvgIpc) is 2.94. The maximum Gasteiger partial charge on any atom is 0.224 e. The van der Waals surface area contributed by atoms with Gasteiger partial charge >= 0.3 is 0 Å². The molecule has 2 aromatic rings. The summed E-state index contributed by atoms with van der Waals surface area (Å²) in [6.45, 7) is 5.00. The molecule has 4 nitrogen and oxygen atoms in total. The van der Waals surface area contributed by atoms with Gasteiger partial charge in [0.05, 0.1) is 13.0 Å². The highest BCUT2D eigenvalue weighted by Gasteiger charge is 2.22. The first kappa shape index (κ1) is 17.6. The maximum atomic E-state index is 12.2. The number of carbonyl (C=O) groups is 1. The Hall–Kier alpha value is -2.20. The minimum absolute atomic E-state index is 0.0421. The van der Waals surface area contributed by atoms with Crippen LogP contribution in [0, 0.1) is 0 Å². The maximum absolute atomic E-state index is 12.2. The van der Waals surface area contributed by atoms with E-state index in [2.05, 4.69) is 5.32 Å². The molecule has 1 aliphatic rings. The van der Waals surface area contributed by atoms with Crippen molar-refractivity contribution in [2.45, 2.75) is 39.3 Å². The summed E-state index contributed by atoms with van der Waals surface area (Å²) in [5.41, 5.74) is 3.02. The van der Waals surface area contributed by atoms with Crippen LogP contribution in [0.1, 0.15) is 30.5 Å². The van der Waals surface area contributed by atoms with E-state index in [4.69, 9.17) is 21.1 Å². The molecule has 1 amide bonds. The number of halogens is 1. The van der Waals surface area contributed by atoms with Crippen LogP contribution in [0.25, 0.3) is 0 Å². The Kier molecular flexibility index (Phi) is 5.49. The van der Waals surface area contributed by atoms with Gasteiger partial charge in [-0.3, -0.25) is 4.79 Å². The van der Waals surface area contributed by atoms with Crippen LogP contribution in [-0.2, 0) is 24.2 Å². The van der Waals surface area contributed by atoms with Crippen LogP contribution in [0.2, 0.25) is 5.02 Å². The van der Waals surface area contributed by atoms with Crippen LogP contribution in [0.4, 0.5) is 0 Å². The predicted molar refractivity (Wildman–Crippen MR) is 98.4 cm³/mol. The molecule has 1 atom stereocenters. The van der Waals surface area contributed by atoms with Gasteiger partial charge in [0.25, 0.3) is 0 Å². The third-order valence-corrected chi connectivity index (χ3v) is 4.38. The smallest absolute Gasteiger partial charge is 0.224 e. The molecule has 0 saturated carbocycles. The van der Waals surface area contributed by atoms with E-state index in [1.165, 1.54) is 0 Å². The number of fused-ring (bicyclic) bond motifs is 1. The van der Waals surface area contributed by atoms with Crippen LogP contribution in [0.5, 0.6) is 11.5 Å². The zero-order chi connectivity index (χ0) is 17.8. The molecule has 0 radical (unpaired) electrons. The number of hydrogen-bond acceptors (Lipinski definition) is 3. The standard InChI is InChI=1S/C20H22ClNO3/c1-3-24-18-10-15-8-13(2)25-19(15)11-16(18)12-22-20(23)9-14-4-6-17(21)7-5-14/h4-7,10-11,13H,3,8-9,12H2,1-2H3,(H,22,23). The highest BCUT2D eigenvalue weighted by Crippen LogP contribution is 2.35. The fourth-order valence-corrected chi connectivity index (χ4v) is 3.08. The normalized spacial score (nSPS) is 15.4. The van der Waals surface area contributed by atoms with Gasteiger partial charge < -0.3 is 14.8 Å². The van der Waals surface area contributed by atoms with E-state index in [-0.39, 0.29) is 12.0 Å². The van der Waals surface area contributed by atoms with Crippen LogP contribution in [0.15, 0.2) is 36.4 Å². The van der Waals surface area contributed by atoms with E-state index in [0.29, 0.717) is 24.6 Å². The number of ether oxygens (including phenoxy) is 2. The van der Waals surface area contributed by atoms with E-state index in [1.807, 2.05) is 38.1 Å². The van der Waals surface area contributed by atoms with Gasteiger partial charge in [-0.15, -0.1) is 0 Å². The van der Waals surface area contributed by atoms with Crippen LogP contribution in [0.3, 0.4) is 0 Å². The second-order valence-electron chi connectivity index (χ2n) is 6.21. The summed E-state index contributed by atoms with van der Waals surface area (Å²) in [6.07, 6.45) is 1.39. The van der Waals surface area contributed by atoms with Gasteiger partial charge in [-0.05, 0) is 43.7 Å². The first-order valence-corrected chi connectivity index (χ1v) is 8.89. The van der Waals surface area contributed by atoms with Crippen molar-refractivity contribution in [3.8, 4) is 11.5 Å². The van der Waals surface area contributed by atoms with Crippen molar-refractivity contribution in [3.63, 3.8) is 0 Å². The van der Waals surface area contributed by atoms with E-state index < -0.39 is 0 Å². The molecule has 0 aromatic heterocycles. The number of nitrogens with one attached hydrogen (secondary N) is 1. The van der Waals surface area contributed by atoms with Crippen molar-refractivity contribution in [3.05, 3.63) is 58.1 Å². The molecule has 132 valence electrons. The van der Waals surface area contributed by atoms with Gasteiger partial charge in [0.15, 0.2) is 0 Å². The lowest BCUT2D eigenvalue weighted by Gasteiger charge is -2.13. The van der Waals surface area contributed by atoms with Crippen LogP contribution >= 0.6 is 11.6 Å². The largest absolute Gasteiger partial charge is 0.494 e. The zero-order valence-corrected chi connectivity index (χ0v) is 15.2. The average molecular weight is 360 g/mol. The summed E-state index contributed by atoms with van der Waals surface area (Å²) in [6, 6.07) is 11.3. The summed E-state index contributed by atoms with van der Waals surface area (Å²) < 4.78 is 11.6. The Labute approximate surface area is 153 Å². The second-order valence-corrected chi connectivity index (χ2v) is 6.65. The Morgan fingerprint density at radius 3 is 2.80 bits per heavy atom. The molecule has 0 spiro atoms. The molecule has 0 bridgehead atoms. The first-order chi connectivity index (χ1) is 12.0. The number of hydrogen-bond donors (Lipinski definition) is 1. The fraction of sp³-hybridized carbons (Fsp3) is 0.350. The predicted octanol–water partition coefficient (Wildman–Crippen LogP) is 3.92. The Bertz CT molecular complexity index is 758. The number of amides is 1. The number of benzene rings is 2. The van der Waals surface area contributed by atoms with Crippen molar-refractivity contribution in [2.75, 3.05) is 6.61 Å². The quantitative estimate of drug-likeness (QED) is 0.850.